The second kappa shape index (κ2) is 5.27. The molecule has 0 saturated carbocycles. The van der Waals surface area contributed by atoms with E-state index in [1.165, 1.54) is 25.3 Å². The summed E-state index contributed by atoms with van der Waals surface area (Å²) >= 11 is 0. The Morgan fingerprint density at radius 1 is 1.47 bits per heavy atom. The summed E-state index contributed by atoms with van der Waals surface area (Å²) in [5, 5.41) is 0. The van der Waals surface area contributed by atoms with Crippen molar-refractivity contribution in [2.45, 2.75) is 20.3 Å². The summed E-state index contributed by atoms with van der Waals surface area (Å²) in [4.78, 5) is 12.0. The van der Waals surface area contributed by atoms with Crippen molar-refractivity contribution in [3.8, 4) is 5.75 Å². The van der Waals surface area contributed by atoms with E-state index in [4.69, 9.17) is 10.5 Å². The van der Waals surface area contributed by atoms with Crippen molar-refractivity contribution < 1.29 is 13.9 Å². The lowest BCUT2D eigenvalue weighted by atomic mass is 9.85. The maximum Gasteiger partial charge on any atom is 0.167 e. The molecule has 1 aromatic carbocycles. The van der Waals surface area contributed by atoms with E-state index in [2.05, 4.69) is 0 Å². The van der Waals surface area contributed by atoms with Crippen LogP contribution in [0.3, 0.4) is 0 Å². The van der Waals surface area contributed by atoms with Gasteiger partial charge in [0.1, 0.15) is 11.6 Å². The number of hydrogen-bond acceptors (Lipinski definition) is 3. The summed E-state index contributed by atoms with van der Waals surface area (Å²) in [7, 11) is 1.46. The minimum atomic E-state index is -0.445. The second-order valence-electron chi connectivity index (χ2n) is 4.81. The third kappa shape index (κ3) is 3.53. The fourth-order valence-corrected chi connectivity index (χ4v) is 1.50. The van der Waals surface area contributed by atoms with E-state index < -0.39 is 5.82 Å². The van der Waals surface area contributed by atoms with Gasteiger partial charge < -0.3 is 10.5 Å². The summed E-state index contributed by atoms with van der Waals surface area (Å²) in [6.07, 6.45) is 0.267. The average molecular weight is 239 g/mol. The molecule has 17 heavy (non-hydrogen) atoms. The number of rotatable bonds is 5. The van der Waals surface area contributed by atoms with E-state index in [0.717, 1.165) is 0 Å². The van der Waals surface area contributed by atoms with Crippen LogP contribution in [-0.2, 0) is 0 Å². The Kier molecular flexibility index (Phi) is 4.23. The molecule has 0 heterocycles. The topological polar surface area (TPSA) is 52.3 Å². The van der Waals surface area contributed by atoms with Crippen LogP contribution >= 0.6 is 0 Å². The van der Waals surface area contributed by atoms with Crippen LogP contribution in [0.25, 0.3) is 0 Å². The monoisotopic (exact) mass is 239 g/mol. The molecular formula is C13H18FNO2. The number of ketones is 1. The van der Waals surface area contributed by atoms with Crippen LogP contribution in [-0.4, -0.2) is 19.4 Å². The zero-order valence-corrected chi connectivity index (χ0v) is 10.4. The van der Waals surface area contributed by atoms with Crippen LogP contribution < -0.4 is 10.5 Å². The highest BCUT2D eigenvalue weighted by molar-refractivity contribution is 5.99. The zero-order valence-electron chi connectivity index (χ0n) is 10.4. The number of Topliss-reactive ketones (excluding diaryl/α,β-unsaturated/α-hetero) is 1. The first kappa shape index (κ1) is 13.6. The predicted molar refractivity (Wildman–Crippen MR) is 64.7 cm³/mol. The summed E-state index contributed by atoms with van der Waals surface area (Å²) in [6.45, 7) is 4.20. The molecule has 0 unspecified atom stereocenters. The van der Waals surface area contributed by atoms with Crippen molar-refractivity contribution in [2.75, 3.05) is 13.7 Å². The molecule has 1 aromatic rings. The number of hydrogen-bond donors (Lipinski definition) is 1. The van der Waals surface area contributed by atoms with Crippen molar-refractivity contribution in [1.29, 1.82) is 0 Å². The van der Waals surface area contributed by atoms with Crippen LogP contribution in [0.5, 0.6) is 5.75 Å². The third-order valence-corrected chi connectivity index (χ3v) is 2.65. The molecule has 0 aliphatic rings. The largest absolute Gasteiger partial charge is 0.496 e. The SMILES string of the molecule is COc1ccc(F)cc1C(=O)CC(C)(C)CN. The smallest absolute Gasteiger partial charge is 0.167 e. The molecule has 0 radical (unpaired) electrons. The fraction of sp³-hybridized carbons (Fsp3) is 0.462. The molecule has 94 valence electrons. The highest BCUT2D eigenvalue weighted by atomic mass is 19.1. The standard InChI is InChI=1S/C13H18FNO2/c1-13(2,8-15)7-11(16)10-6-9(14)4-5-12(10)17-3/h4-6H,7-8,15H2,1-3H3. The number of carbonyl (C=O) groups is 1. The van der Waals surface area contributed by atoms with Crippen LogP contribution in [0.1, 0.15) is 30.6 Å². The first-order chi connectivity index (χ1) is 7.89. The van der Waals surface area contributed by atoms with Gasteiger partial charge in [0, 0.05) is 6.42 Å². The Labute approximate surface area is 101 Å². The van der Waals surface area contributed by atoms with E-state index in [9.17, 15) is 9.18 Å². The van der Waals surface area contributed by atoms with E-state index in [1.54, 1.807) is 0 Å². The molecule has 0 atom stereocenters. The lowest BCUT2D eigenvalue weighted by Gasteiger charge is -2.21. The molecular weight excluding hydrogens is 221 g/mol. The molecule has 0 spiro atoms. The van der Waals surface area contributed by atoms with E-state index in [1.807, 2.05) is 13.8 Å². The average Bonchev–Trinajstić information content (AvgIpc) is 2.28. The molecule has 0 fully saturated rings. The Morgan fingerprint density at radius 2 is 2.12 bits per heavy atom. The Balaban J connectivity index is 2.99. The van der Waals surface area contributed by atoms with Gasteiger partial charge in [-0.15, -0.1) is 0 Å². The highest BCUT2D eigenvalue weighted by Crippen LogP contribution is 2.26. The van der Waals surface area contributed by atoms with Gasteiger partial charge in [-0.05, 0) is 30.2 Å². The Bertz CT molecular complexity index is 416. The minimum Gasteiger partial charge on any atom is -0.496 e. The third-order valence-electron chi connectivity index (χ3n) is 2.65. The molecule has 0 bridgehead atoms. The molecule has 0 aliphatic carbocycles. The van der Waals surface area contributed by atoms with E-state index >= 15 is 0 Å². The quantitative estimate of drug-likeness (QED) is 0.803. The van der Waals surface area contributed by atoms with Crippen molar-refractivity contribution >= 4 is 5.78 Å². The predicted octanol–water partition coefficient (Wildman–Crippen LogP) is 2.39. The van der Waals surface area contributed by atoms with Gasteiger partial charge in [0.15, 0.2) is 5.78 Å². The van der Waals surface area contributed by atoms with Crippen LogP contribution in [0, 0.1) is 11.2 Å². The van der Waals surface area contributed by atoms with Gasteiger partial charge in [-0.2, -0.15) is 0 Å². The van der Waals surface area contributed by atoms with Gasteiger partial charge in [0.2, 0.25) is 0 Å². The number of ether oxygens (including phenoxy) is 1. The van der Waals surface area contributed by atoms with Crippen LogP contribution in [0.15, 0.2) is 18.2 Å². The number of nitrogens with two attached hydrogens (primary N) is 1. The van der Waals surface area contributed by atoms with Gasteiger partial charge in [-0.3, -0.25) is 4.79 Å². The lowest BCUT2D eigenvalue weighted by Crippen LogP contribution is -2.26. The van der Waals surface area contributed by atoms with Crippen molar-refractivity contribution in [3.05, 3.63) is 29.6 Å². The van der Waals surface area contributed by atoms with E-state index in [-0.39, 0.29) is 23.2 Å². The van der Waals surface area contributed by atoms with Crippen molar-refractivity contribution in [1.82, 2.24) is 0 Å². The van der Waals surface area contributed by atoms with Gasteiger partial charge >= 0.3 is 0 Å². The number of halogens is 1. The first-order valence-electron chi connectivity index (χ1n) is 5.46. The van der Waals surface area contributed by atoms with Crippen molar-refractivity contribution in [2.24, 2.45) is 11.1 Å². The number of carbonyl (C=O) groups excluding carboxylic acids is 1. The fourth-order valence-electron chi connectivity index (χ4n) is 1.50. The number of benzene rings is 1. The van der Waals surface area contributed by atoms with Gasteiger partial charge in [-0.25, -0.2) is 4.39 Å². The Hall–Kier alpha value is -1.42. The Morgan fingerprint density at radius 3 is 2.65 bits per heavy atom. The lowest BCUT2D eigenvalue weighted by molar-refractivity contribution is 0.0931. The minimum absolute atomic E-state index is 0.156. The van der Waals surface area contributed by atoms with E-state index in [0.29, 0.717) is 12.3 Å². The number of methoxy groups -OCH3 is 1. The maximum atomic E-state index is 13.1. The second-order valence-corrected chi connectivity index (χ2v) is 4.81. The molecule has 4 heteroatoms. The molecule has 0 aliphatic heterocycles. The maximum absolute atomic E-state index is 13.1. The molecule has 0 aromatic heterocycles. The molecule has 0 saturated heterocycles. The van der Waals surface area contributed by atoms with Crippen molar-refractivity contribution in [3.63, 3.8) is 0 Å². The highest BCUT2D eigenvalue weighted by Gasteiger charge is 2.23. The van der Waals surface area contributed by atoms with Gasteiger partial charge in [0.25, 0.3) is 0 Å². The summed E-state index contributed by atoms with van der Waals surface area (Å²) < 4.78 is 18.2. The zero-order chi connectivity index (χ0) is 13.1. The van der Waals surface area contributed by atoms with Crippen LogP contribution in [0.2, 0.25) is 0 Å². The summed E-state index contributed by atoms with van der Waals surface area (Å²) in [5.74, 6) is -0.208. The first-order valence-corrected chi connectivity index (χ1v) is 5.46. The summed E-state index contributed by atoms with van der Waals surface area (Å²) in [6, 6.07) is 3.93. The molecule has 2 N–H and O–H groups in total. The molecule has 1 rings (SSSR count). The molecule has 0 amide bonds. The molecule has 3 nitrogen and oxygen atoms in total. The normalized spacial score (nSPS) is 11.4. The van der Waals surface area contributed by atoms with Gasteiger partial charge in [-0.1, -0.05) is 13.8 Å². The van der Waals surface area contributed by atoms with Gasteiger partial charge in [0.05, 0.1) is 12.7 Å². The summed E-state index contributed by atoms with van der Waals surface area (Å²) in [5.41, 5.74) is 5.55. The van der Waals surface area contributed by atoms with Crippen LogP contribution in [0.4, 0.5) is 4.39 Å².